The Kier molecular flexibility index (Phi) is 45.5. The number of nitrogens with zero attached hydrogens (tertiary/aromatic N) is 11. The van der Waals surface area contributed by atoms with Crippen LogP contribution in [0.15, 0.2) is 267 Å². The third kappa shape index (κ3) is 34.5. The number of hydrogen-bond donors (Lipinski definition) is 0. The van der Waals surface area contributed by atoms with Crippen molar-refractivity contribution in [1.82, 2.24) is 44.9 Å². The molecule has 0 fully saturated rings. The number of alkyl halides is 2. The van der Waals surface area contributed by atoms with Gasteiger partial charge in [-0.2, -0.15) is 0 Å². The van der Waals surface area contributed by atoms with Crippen LogP contribution in [0.2, 0.25) is 5.02 Å². The second-order valence-corrected chi connectivity index (χ2v) is 53.1. The molecule has 0 aliphatic heterocycles. The minimum absolute atomic E-state index is 0.000705. The number of hydrogen-bond acceptors (Lipinski definition) is 28. The van der Waals surface area contributed by atoms with E-state index in [2.05, 4.69) is 225 Å². The van der Waals surface area contributed by atoms with Crippen molar-refractivity contribution in [3.63, 3.8) is 0 Å². The zero-order valence-electron chi connectivity index (χ0n) is 89.5. The lowest BCUT2D eigenvalue weighted by Crippen LogP contribution is -2.26. The quantitative estimate of drug-likeness (QED) is 0.00420. The molecule has 0 spiro atoms. The number of thiazole rings is 4. The summed E-state index contributed by atoms with van der Waals surface area (Å²) >= 11 is 28.9. The molecule has 0 aliphatic rings. The number of nitro groups is 2. The van der Waals surface area contributed by atoms with Gasteiger partial charge in [-0.15, -0.1) is 84.1 Å². The fourth-order valence-corrected chi connectivity index (χ4v) is 22.2. The Morgan fingerprint density at radius 3 is 1.54 bits per heavy atom. The highest BCUT2D eigenvalue weighted by atomic mass is 127. The number of carbonyl (C=O) groups is 5. The number of Topliss-reactive ketones (excluding diaryl/α,β-unsaturated/α-hetero) is 1. The Labute approximate surface area is 955 Å². The lowest BCUT2D eigenvalue weighted by Gasteiger charge is -2.25. The van der Waals surface area contributed by atoms with Crippen molar-refractivity contribution in [3.8, 4) is 22.9 Å². The second-order valence-electron chi connectivity index (χ2n) is 37.6. The summed E-state index contributed by atoms with van der Waals surface area (Å²) in [7, 11) is 2.02. The fraction of sp³-hybridized carbons (Fsp3) is 0.330. The van der Waals surface area contributed by atoms with E-state index in [4.69, 9.17) is 41.8 Å². The van der Waals surface area contributed by atoms with Crippen LogP contribution < -0.4 is 0 Å². The Bertz CT molecular complexity index is 7290. The van der Waals surface area contributed by atoms with Gasteiger partial charge in [0.1, 0.15) is 27.5 Å². The van der Waals surface area contributed by atoms with Gasteiger partial charge in [-0.05, 0) is 254 Å². The van der Waals surface area contributed by atoms with Crippen LogP contribution in [-0.2, 0) is 64.1 Å². The topological polar surface area (TPSA) is 347 Å². The molecule has 38 heteroatoms. The highest BCUT2D eigenvalue weighted by Gasteiger charge is 2.37. The number of para-hydroxylation sites is 2. The van der Waals surface area contributed by atoms with Gasteiger partial charge in [0.25, 0.3) is 5.69 Å². The Morgan fingerprint density at radius 1 is 0.587 bits per heavy atom. The van der Waals surface area contributed by atoms with Gasteiger partial charge >= 0.3 is 23.8 Å². The smallest absolute Gasteiger partial charge is 0.437 e. The number of halogens is 7. The molecule has 0 amide bonds. The molecular formula is C112H122Br3ClFI2N11O15S5. The molecule has 0 saturated carbocycles. The van der Waals surface area contributed by atoms with Crippen molar-refractivity contribution >= 4 is 235 Å². The zero-order valence-corrected chi connectivity index (χ0v) is 101. The van der Waals surface area contributed by atoms with E-state index in [1.807, 2.05) is 156 Å². The number of furan rings is 1. The van der Waals surface area contributed by atoms with Gasteiger partial charge in [0.2, 0.25) is 23.6 Å². The van der Waals surface area contributed by atoms with Crippen molar-refractivity contribution in [2.45, 2.75) is 215 Å². The molecule has 0 bridgehead atoms. The third-order valence-corrected chi connectivity index (χ3v) is 32.3. The highest BCUT2D eigenvalue weighted by molar-refractivity contribution is 14.1. The molecule has 8 heterocycles. The average molecular weight is 2570 g/mol. The zero-order chi connectivity index (χ0) is 113. The van der Waals surface area contributed by atoms with Crippen molar-refractivity contribution in [3.05, 3.63) is 351 Å². The first kappa shape index (κ1) is 121. The number of aldehydes is 1. The maximum absolute atomic E-state index is 13.7. The SMILES string of the molecule is C=C(CC(C)(C)c1nc2cc([N+](=O)[O-])ccc2s1)C(=O)OCC.C=CCC(C)(C)c1c(C=O)c2ccccc2n1C.CC(=O)C(C)(C)c1nnc(-c2ccccc2)o1.CC(C)(I)c1cnc(Br)s1.CC(C)(Sc1ccccc1)c1nnc(-c2ccccc2)o1.CC(C)(c1cnc(Br)s1)c1cnc(Br)s1.CCOC(=O)c1cccc(F)c1C(C)(C)I.[2H]C(C)(C)c1c(Cl)cccc1C(=O)OCC.[2H]C(C)(C)c1c([N+](=O)[O-])oc2ccccc12. The number of allylic oxidation sites excluding steroid dienone is 1. The van der Waals surface area contributed by atoms with E-state index >= 15 is 0 Å². The monoisotopic (exact) mass is 2570 g/mol. The standard InChI is InChI=1S/C17H16N2OS.C16H18N2O4S.C16H19NO.C13H14N2O2.C12H15ClO2.C12H14FIO2.C11H11NO3.C9H8Br2N2S2.C6H7BrINS/c1-17(2,21-14-11-7-4-8-12-14)16-19-18-15(20-16)13-9-5-3-6-10-13;1-5-22-14(19)10(2)9-16(3,4)15-17-12-8-11(18(20)21)6-7-13(12)23-15;1-5-10-16(2,3)15-13(11-18)12-8-6-7-9-14(12)17(15)4;1-9(16)13(2,3)12-15-14-11(17-12)10-7-5-4-6-8-10;1-4-15-12(14)9-6-5-7-10(13)11(9)8(2)3;1-4-16-11(15)8-6-5-7-9(13)10(8)12(2,3)14;1-7(2)10-8-5-3-4-6-9(8)15-11(10)12(13)14;1-9(2,5-3-12-7(10)14-5)6-4-13-8(11)15-6;1-6(2,8)4-3-9-5(7)10-4/h3-12H,1-2H3;6-8H,2,5,9H2,1,3-4H3;5-9,11H,1,10H2,2-4H3;4-8H,1-3H3;5-8H,4H2,1-3H3;5-7H,4H2,1-3H3;3-7H,1-2H3;3-4H,1-2H3;3H,1-2H3/i;;;;8D;;7D;;. The van der Waals surface area contributed by atoms with Crippen LogP contribution in [0, 0.1) is 26.0 Å². The van der Waals surface area contributed by atoms with Crippen LogP contribution in [0.5, 0.6) is 0 Å². The molecule has 8 aromatic carbocycles. The summed E-state index contributed by atoms with van der Waals surface area (Å²) < 4.78 is 66.3. The van der Waals surface area contributed by atoms with Crippen molar-refractivity contribution in [1.29, 1.82) is 0 Å². The fourth-order valence-electron chi connectivity index (χ4n) is 14.7. The number of ether oxygens (including phenoxy) is 3. The number of nitro benzene ring substituents is 1. The van der Waals surface area contributed by atoms with Gasteiger partial charge in [0, 0.05) is 135 Å². The maximum Gasteiger partial charge on any atom is 0.437 e. The molecule has 150 heavy (non-hydrogen) atoms. The minimum Gasteiger partial charge on any atom is -0.463 e. The maximum atomic E-state index is 13.7. The van der Waals surface area contributed by atoms with E-state index < -0.39 is 53.8 Å². The van der Waals surface area contributed by atoms with Gasteiger partial charge in [0.05, 0.1) is 64.8 Å². The molecular weight excluding hydrogens is 2450 g/mol. The molecule has 26 nitrogen and oxygen atoms in total. The number of ketones is 1. The van der Waals surface area contributed by atoms with Gasteiger partial charge in [0.15, 0.2) is 18.0 Å². The summed E-state index contributed by atoms with van der Waals surface area (Å²) in [5.74, 6) is -2.01. The molecule has 0 N–H and O–H groups in total. The van der Waals surface area contributed by atoms with E-state index in [0.717, 1.165) is 67.5 Å². The molecule has 0 unspecified atom stereocenters. The number of aromatic nitrogens is 9. The van der Waals surface area contributed by atoms with Crippen molar-refractivity contribution in [2.75, 3.05) is 19.8 Å². The molecule has 0 saturated heterocycles. The summed E-state index contributed by atoms with van der Waals surface area (Å²) in [6.07, 6.45) is 9.90. The molecule has 0 atom stereocenters. The Balaban J connectivity index is 0.000000209. The van der Waals surface area contributed by atoms with E-state index in [9.17, 15) is 48.6 Å². The summed E-state index contributed by atoms with van der Waals surface area (Å²) in [5, 5.41) is 40.9. The average Bonchev–Trinajstić information content (AvgIpc) is 1.60. The number of benzene rings is 8. The number of aryl methyl sites for hydroxylation is 1. The summed E-state index contributed by atoms with van der Waals surface area (Å²) in [6, 6.07) is 58.6. The first-order valence-corrected chi connectivity index (χ1v) is 56.0. The Morgan fingerprint density at radius 2 is 1.07 bits per heavy atom. The highest BCUT2D eigenvalue weighted by Crippen LogP contribution is 2.46. The summed E-state index contributed by atoms with van der Waals surface area (Å²) in [5.41, 5.74) is 6.88. The van der Waals surface area contributed by atoms with Crippen LogP contribution in [-0.4, -0.2) is 105 Å². The van der Waals surface area contributed by atoms with Gasteiger partial charge in [-0.1, -0.05) is 228 Å². The van der Waals surface area contributed by atoms with E-state index in [1.165, 1.54) is 62.1 Å². The molecule has 0 aliphatic carbocycles. The number of rotatable bonds is 28. The minimum atomic E-state index is -1.06. The molecule has 16 aromatic rings. The normalized spacial score (nSPS) is 11.8. The summed E-state index contributed by atoms with van der Waals surface area (Å²) in [6.45, 7) is 50.2. The van der Waals surface area contributed by atoms with Crippen LogP contribution in [0.4, 0.5) is 16.0 Å². The van der Waals surface area contributed by atoms with E-state index in [1.54, 1.807) is 163 Å². The van der Waals surface area contributed by atoms with Crippen molar-refractivity contribution < 1.29 is 68.4 Å². The summed E-state index contributed by atoms with van der Waals surface area (Å²) in [4.78, 5) is 101. The van der Waals surface area contributed by atoms with Crippen LogP contribution in [0.3, 0.4) is 0 Å². The number of thioether (sulfide) groups is 1. The van der Waals surface area contributed by atoms with Crippen LogP contribution in [0.1, 0.15) is 265 Å². The van der Waals surface area contributed by atoms with E-state index in [-0.39, 0.29) is 48.8 Å². The largest absolute Gasteiger partial charge is 0.463 e. The first-order valence-electron chi connectivity index (χ1n) is 48.0. The van der Waals surface area contributed by atoms with Crippen LogP contribution >= 0.6 is 162 Å². The molecule has 8 aromatic heterocycles. The van der Waals surface area contributed by atoms with Gasteiger partial charge < -0.3 is 32.0 Å². The lowest BCUT2D eigenvalue weighted by molar-refractivity contribution is -0.402. The number of esters is 3. The number of carbonyl (C=O) groups excluding carboxylic acids is 5. The molecule has 794 valence electrons. The van der Waals surface area contributed by atoms with Gasteiger partial charge in [-0.3, -0.25) is 29.8 Å². The van der Waals surface area contributed by atoms with Gasteiger partial charge in [-0.25, -0.2) is 38.7 Å². The predicted octanol–water partition coefficient (Wildman–Crippen LogP) is 34.0. The lowest BCUT2D eigenvalue weighted by atomic mass is 9.83. The number of non-ortho nitro benzene ring substituents is 1. The third-order valence-electron chi connectivity index (χ3n) is 22.5. The van der Waals surface area contributed by atoms with E-state index in [0.29, 0.717) is 98.1 Å². The molecule has 16 rings (SSSR count). The second kappa shape index (κ2) is 56.3. The predicted molar refractivity (Wildman–Crippen MR) is 631 cm³/mol. The molecule has 0 radical (unpaired) electrons. The van der Waals surface area contributed by atoms with Crippen molar-refractivity contribution in [2.24, 2.45) is 7.05 Å². The Hall–Kier alpha value is -10.6. The van der Waals surface area contributed by atoms with Crippen LogP contribution in [0.25, 0.3) is 55.0 Å². The first-order chi connectivity index (χ1) is 71.1. The number of fused-ring (bicyclic) bond motifs is 3.